The molecule has 0 saturated heterocycles. The van der Waals surface area contributed by atoms with Crippen LogP contribution in [-0.4, -0.2) is 55.5 Å². The molecule has 1 unspecified atom stereocenters. The van der Waals surface area contributed by atoms with Gasteiger partial charge in [-0.3, -0.25) is 4.79 Å². The van der Waals surface area contributed by atoms with E-state index >= 15 is 0 Å². The van der Waals surface area contributed by atoms with E-state index in [1.807, 2.05) is 13.1 Å². The second-order valence-electron chi connectivity index (χ2n) is 5.85. The second-order valence-corrected chi connectivity index (χ2v) is 7.12. The molecule has 1 atom stereocenters. The fraction of sp³-hybridized carbons (Fsp3) is 0.562. The lowest BCUT2D eigenvalue weighted by Gasteiger charge is -2.16. The molecule has 136 valence electrons. The van der Waals surface area contributed by atoms with Gasteiger partial charge in [-0.2, -0.15) is 0 Å². The lowest BCUT2D eigenvalue weighted by molar-refractivity contribution is -0.127. The van der Waals surface area contributed by atoms with E-state index in [2.05, 4.69) is 41.0 Å². The molecule has 0 saturated carbocycles. The Bertz CT molecular complexity index is 571. The van der Waals surface area contributed by atoms with Crippen LogP contribution in [0.25, 0.3) is 0 Å². The number of halogens is 1. The van der Waals surface area contributed by atoms with Gasteiger partial charge in [0.05, 0.1) is 5.01 Å². The van der Waals surface area contributed by atoms with Crippen LogP contribution < -0.4 is 10.6 Å². The van der Waals surface area contributed by atoms with Crippen LogP contribution in [0, 0.1) is 6.92 Å². The SMILES string of the molecule is C=C(C)CNC(=NCC(=O)N(C)C)NCC(C)c1ncc(C)s1.I. The average molecular weight is 465 g/mol. The Hall–Kier alpha value is -1.16. The van der Waals surface area contributed by atoms with Crippen LogP contribution in [-0.2, 0) is 4.79 Å². The van der Waals surface area contributed by atoms with Gasteiger partial charge in [0.25, 0.3) is 0 Å². The summed E-state index contributed by atoms with van der Waals surface area (Å²) in [5.41, 5.74) is 1.00. The Morgan fingerprint density at radius 3 is 2.62 bits per heavy atom. The van der Waals surface area contributed by atoms with E-state index in [-0.39, 0.29) is 42.3 Å². The van der Waals surface area contributed by atoms with Gasteiger partial charge in [-0.15, -0.1) is 35.3 Å². The van der Waals surface area contributed by atoms with Crippen molar-refractivity contribution in [2.45, 2.75) is 26.7 Å². The van der Waals surface area contributed by atoms with Crippen LogP contribution >= 0.6 is 35.3 Å². The first-order valence-corrected chi connectivity index (χ1v) is 8.40. The summed E-state index contributed by atoms with van der Waals surface area (Å²) in [6.07, 6.45) is 1.89. The standard InChI is InChI=1S/C16H27N5OS.HI/c1-11(2)7-18-16(20-10-14(22)21(5)6)19-8-12(3)15-17-9-13(4)23-15;/h9,12H,1,7-8,10H2,2-6H3,(H2,18,19,20);1H. The number of hydrogen-bond acceptors (Lipinski definition) is 4. The van der Waals surface area contributed by atoms with Crippen molar-refractivity contribution in [3.8, 4) is 0 Å². The monoisotopic (exact) mass is 465 g/mol. The number of nitrogens with zero attached hydrogens (tertiary/aromatic N) is 3. The van der Waals surface area contributed by atoms with Gasteiger partial charge < -0.3 is 15.5 Å². The smallest absolute Gasteiger partial charge is 0.243 e. The van der Waals surface area contributed by atoms with Crippen LogP contribution in [0.1, 0.15) is 29.7 Å². The first-order valence-electron chi connectivity index (χ1n) is 7.58. The summed E-state index contributed by atoms with van der Waals surface area (Å²) in [4.78, 5) is 23.2. The Kier molecular flexibility index (Phi) is 10.9. The Morgan fingerprint density at radius 1 is 1.46 bits per heavy atom. The number of nitrogens with one attached hydrogen (secondary N) is 2. The molecule has 0 bridgehead atoms. The topological polar surface area (TPSA) is 69.6 Å². The zero-order chi connectivity index (χ0) is 17.4. The molecule has 0 fully saturated rings. The molecule has 0 spiro atoms. The van der Waals surface area contributed by atoms with Gasteiger partial charge in [0, 0.05) is 44.2 Å². The molecule has 0 aromatic carbocycles. The summed E-state index contributed by atoms with van der Waals surface area (Å²) >= 11 is 1.70. The number of guanidine groups is 1. The van der Waals surface area contributed by atoms with Gasteiger partial charge >= 0.3 is 0 Å². The van der Waals surface area contributed by atoms with Crippen LogP contribution in [0.2, 0.25) is 0 Å². The second kappa shape index (κ2) is 11.4. The van der Waals surface area contributed by atoms with Gasteiger partial charge in [-0.1, -0.05) is 19.1 Å². The molecule has 1 aromatic heterocycles. The van der Waals surface area contributed by atoms with Gasteiger partial charge in [-0.05, 0) is 13.8 Å². The fourth-order valence-corrected chi connectivity index (χ4v) is 2.46. The van der Waals surface area contributed by atoms with Crippen molar-refractivity contribution >= 4 is 47.2 Å². The minimum absolute atomic E-state index is 0. The predicted molar refractivity (Wildman–Crippen MR) is 112 cm³/mol. The number of aryl methyl sites for hydroxylation is 1. The minimum atomic E-state index is -0.0370. The van der Waals surface area contributed by atoms with E-state index in [1.165, 1.54) is 9.78 Å². The number of hydrogen-bond donors (Lipinski definition) is 2. The highest BCUT2D eigenvalue weighted by Gasteiger charge is 2.11. The van der Waals surface area contributed by atoms with Crippen LogP contribution in [0.15, 0.2) is 23.3 Å². The van der Waals surface area contributed by atoms with E-state index in [0.29, 0.717) is 19.0 Å². The zero-order valence-corrected chi connectivity index (χ0v) is 18.2. The van der Waals surface area contributed by atoms with E-state index in [1.54, 1.807) is 25.4 Å². The van der Waals surface area contributed by atoms with Gasteiger partial charge in [-0.25, -0.2) is 9.98 Å². The molecule has 1 rings (SSSR count). The molecule has 1 heterocycles. The molecular formula is C16H28IN5OS. The molecule has 2 N–H and O–H groups in total. The third kappa shape index (κ3) is 8.62. The highest BCUT2D eigenvalue weighted by Crippen LogP contribution is 2.20. The van der Waals surface area contributed by atoms with E-state index in [4.69, 9.17) is 0 Å². The van der Waals surface area contributed by atoms with Gasteiger partial charge in [0.1, 0.15) is 6.54 Å². The molecule has 0 radical (unpaired) electrons. The average Bonchev–Trinajstić information content (AvgIpc) is 2.92. The molecule has 6 nitrogen and oxygen atoms in total. The predicted octanol–water partition coefficient (Wildman–Crippen LogP) is 2.37. The van der Waals surface area contributed by atoms with Crippen LogP contribution in [0.3, 0.4) is 0 Å². The fourth-order valence-electron chi connectivity index (χ4n) is 1.63. The number of aromatic nitrogens is 1. The van der Waals surface area contributed by atoms with Crippen molar-refractivity contribution in [2.75, 3.05) is 33.7 Å². The lowest BCUT2D eigenvalue weighted by Crippen LogP contribution is -2.40. The van der Waals surface area contributed by atoms with Gasteiger partial charge in [0.2, 0.25) is 5.91 Å². The maximum atomic E-state index is 11.7. The van der Waals surface area contributed by atoms with Crippen molar-refractivity contribution in [2.24, 2.45) is 4.99 Å². The lowest BCUT2D eigenvalue weighted by atomic mass is 10.2. The number of rotatable bonds is 7. The molecule has 1 aromatic rings. The first-order chi connectivity index (χ1) is 10.8. The summed E-state index contributed by atoms with van der Waals surface area (Å²) in [6.45, 7) is 11.4. The Morgan fingerprint density at radius 2 is 2.12 bits per heavy atom. The highest BCUT2D eigenvalue weighted by molar-refractivity contribution is 14.0. The first kappa shape index (κ1) is 22.8. The summed E-state index contributed by atoms with van der Waals surface area (Å²) in [7, 11) is 3.44. The molecule has 0 aliphatic carbocycles. The summed E-state index contributed by atoms with van der Waals surface area (Å²) in [6, 6.07) is 0. The van der Waals surface area contributed by atoms with Crippen molar-refractivity contribution in [3.05, 3.63) is 28.2 Å². The molecule has 24 heavy (non-hydrogen) atoms. The quantitative estimate of drug-likeness (QED) is 0.281. The Labute approximate surface area is 165 Å². The van der Waals surface area contributed by atoms with E-state index < -0.39 is 0 Å². The number of carbonyl (C=O) groups is 1. The minimum Gasteiger partial charge on any atom is -0.356 e. The highest BCUT2D eigenvalue weighted by atomic mass is 127. The maximum absolute atomic E-state index is 11.7. The zero-order valence-electron chi connectivity index (χ0n) is 15.0. The third-order valence-corrected chi connectivity index (χ3v) is 4.21. The summed E-state index contributed by atoms with van der Waals surface area (Å²) in [5.74, 6) is 0.850. The molecule has 0 aliphatic rings. The Balaban J connectivity index is 0.00000529. The van der Waals surface area contributed by atoms with Gasteiger partial charge in [0.15, 0.2) is 5.96 Å². The number of thiazole rings is 1. The maximum Gasteiger partial charge on any atom is 0.243 e. The molecular weight excluding hydrogens is 437 g/mol. The number of carbonyl (C=O) groups excluding carboxylic acids is 1. The summed E-state index contributed by atoms with van der Waals surface area (Å²) < 4.78 is 0. The van der Waals surface area contributed by atoms with Crippen molar-refractivity contribution in [1.29, 1.82) is 0 Å². The van der Waals surface area contributed by atoms with Crippen molar-refractivity contribution in [1.82, 2.24) is 20.5 Å². The number of aliphatic imine (C=N–C) groups is 1. The molecule has 1 amide bonds. The summed E-state index contributed by atoms with van der Waals surface area (Å²) in [5, 5.41) is 7.54. The van der Waals surface area contributed by atoms with Crippen LogP contribution in [0.5, 0.6) is 0 Å². The van der Waals surface area contributed by atoms with Crippen molar-refractivity contribution in [3.63, 3.8) is 0 Å². The molecule has 8 heteroatoms. The van der Waals surface area contributed by atoms with Crippen molar-refractivity contribution < 1.29 is 4.79 Å². The third-order valence-electron chi connectivity index (χ3n) is 3.07. The largest absolute Gasteiger partial charge is 0.356 e. The number of likely N-dealkylation sites (N-methyl/N-ethyl adjacent to an activating group) is 1. The van der Waals surface area contributed by atoms with E-state index in [9.17, 15) is 4.79 Å². The normalized spacial score (nSPS) is 12.1. The van der Waals surface area contributed by atoms with E-state index in [0.717, 1.165) is 10.6 Å². The number of amides is 1. The van der Waals surface area contributed by atoms with Crippen LogP contribution in [0.4, 0.5) is 0 Å². The molecule has 0 aliphatic heterocycles.